The molecule has 2 aromatic heterocycles. The summed E-state index contributed by atoms with van der Waals surface area (Å²) in [6.45, 7) is 5.99. The van der Waals surface area contributed by atoms with Crippen molar-refractivity contribution < 1.29 is 9.53 Å². The van der Waals surface area contributed by atoms with Crippen LogP contribution in [0.25, 0.3) is 5.82 Å². The summed E-state index contributed by atoms with van der Waals surface area (Å²) >= 11 is 0. The number of aryl methyl sites for hydroxylation is 1. The first-order chi connectivity index (χ1) is 15.0. The highest BCUT2D eigenvalue weighted by Gasteiger charge is 2.11. The van der Waals surface area contributed by atoms with E-state index in [1.54, 1.807) is 35.0 Å². The monoisotopic (exact) mass is 414 g/mol. The number of benzene rings is 2. The number of anilines is 2. The largest absolute Gasteiger partial charge is 0.438 e. The molecule has 0 saturated carbocycles. The third-order valence-electron chi connectivity index (χ3n) is 4.86. The smallest absolute Gasteiger partial charge is 0.323 e. The Morgan fingerprint density at radius 3 is 2.10 bits per heavy atom. The molecule has 0 aliphatic rings. The van der Waals surface area contributed by atoms with Crippen LogP contribution in [-0.4, -0.2) is 26.0 Å². The molecule has 4 rings (SSSR count). The van der Waals surface area contributed by atoms with Crippen molar-refractivity contribution in [2.45, 2.75) is 20.8 Å². The van der Waals surface area contributed by atoms with E-state index in [1.807, 2.05) is 57.2 Å². The van der Waals surface area contributed by atoms with Gasteiger partial charge in [-0.2, -0.15) is 5.10 Å². The van der Waals surface area contributed by atoms with Crippen molar-refractivity contribution in [3.8, 4) is 17.4 Å². The van der Waals surface area contributed by atoms with E-state index in [-0.39, 0.29) is 6.03 Å². The SMILES string of the molecule is Cc1nn(-c2ccc(Oc3ccc(NC(=O)Nc4ccccc4)cc3)nn2)c(C)c1C. The molecule has 31 heavy (non-hydrogen) atoms. The number of nitrogens with one attached hydrogen (secondary N) is 2. The van der Waals surface area contributed by atoms with Gasteiger partial charge in [-0.1, -0.05) is 18.2 Å². The number of ether oxygens (including phenoxy) is 1. The molecule has 2 amide bonds. The van der Waals surface area contributed by atoms with E-state index in [4.69, 9.17) is 4.74 Å². The number of aromatic nitrogens is 4. The van der Waals surface area contributed by atoms with Crippen molar-refractivity contribution in [2.75, 3.05) is 10.6 Å². The summed E-state index contributed by atoms with van der Waals surface area (Å²) in [7, 11) is 0. The maximum atomic E-state index is 12.1. The fourth-order valence-electron chi connectivity index (χ4n) is 2.97. The lowest BCUT2D eigenvalue weighted by Crippen LogP contribution is -2.19. The lowest BCUT2D eigenvalue weighted by molar-refractivity contribution is 0.262. The molecule has 8 nitrogen and oxygen atoms in total. The third kappa shape index (κ3) is 4.69. The molecule has 0 atom stereocenters. The Morgan fingerprint density at radius 2 is 1.52 bits per heavy atom. The average molecular weight is 414 g/mol. The summed E-state index contributed by atoms with van der Waals surface area (Å²) in [5, 5.41) is 18.4. The highest BCUT2D eigenvalue weighted by Crippen LogP contribution is 2.22. The molecule has 0 fully saturated rings. The molecule has 2 N–H and O–H groups in total. The van der Waals surface area contributed by atoms with Crippen LogP contribution in [0, 0.1) is 20.8 Å². The second-order valence-corrected chi connectivity index (χ2v) is 7.01. The number of nitrogens with zero attached hydrogens (tertiary/aromatic N) is 4. The Kier molecular flexibility index (Phi) is 5.61. The van der Waals surface area contributed by atoms with Crippen molar-refractivity contribution in [1.29, 1.82) is 0 Å². The third-order valence-corrected chi connectivity index (χ3v) is 4.86. The normalized spacial score (nSPS) is 10.5. The molecular weight excluding hydrogens is 392 g/mol. The summed E-state index contributed by atoms with van der Waals surface area (Å²) in [4.78, 5) is 12.1. The van der Waals surface area contributed by atoms with Gasteiger partial charge in [0.2, 0.25) is 5.88 Å². The molecule has 156 valence electrons. The molecule has 0 radical (unpaired) electrons. The minimum atomic E-state index is -0.319. The van der Waals surface area contributed by atoms with Crippen LogP contribution in [0.2, 0.25) is 0 Å². The summed E-state index contributed by atoms with van der Waals surface area (Å²) < 4.78 is 7.52. The molecule has 0 bridgehead atoms. The lowest BCUT2D eigenvalue weighted by Gasteiger charge is -2.09. The maximum absolute atomic E-state index is 12.1. The van der Waals surface area contributed by atoms with Gasteiger partial charge < -0.3 is 15.4 Å². The lowest BCUT2D eigenvalue weighted by atomic mass is 10.2. The molecule has 0 aliphatic carbocycles. The molecule has 0 spiro atoms. The van der Waals surface area contributed by atoms with E-state index >= 15 is 0 Å². The van der Waals surface area contributed by atoms with Crippen LogP contribution in [0.15, 0.2) is 66.7 Å². The standard InChI is InChI=1S/C23H22N6O2/c1-15-16(2)28-29(17(15)3)21-13-14-22(27-26-21)31-20-11-9-19(10-12-20)25-23(30)24-18-7-5-4-6-8-18/h4-14H,1-3H3,(H2,24,25,30). The van der Waals surface area contributed by atoms with Gasteiger partial charge in [-0.25, -0.2) is 9.48 Å². The minimum absolute atomic E-state index is 0.319. The highest BCUT2D eigenvalue weighted by atomic mass is 16.5. The fourth-order valence-corrected chi connectivity index (χ4v) is 2.97. The number of carbonyl (C=O) groups is 1. The number of hydrogen-bond acceptors (Lipinski definition) is 5. The van der Waals surface area contributed by atoms with Gasteiger partial charge in [0.05, 0.1) is 5.69 Å². The van der Waals surface area contributed by atoms with Gasteiger partial charge in [-0.3, -0.25) is 0 Å². The summed E-state index contributed by atoms with van der Waals surface area (Å²) in [5.74, 6) is 1.58. The number of urea groups is 1. The first-order valence-corrected chi connectivity index (χ1v) is 9.77. The van der Waals surface area contributed by atoms with Gasteiger partial charge in [0.15, 0.2) is 5.82 Å². The number of amides is 2. The van der Waals surface area contributed by atoms with Gasteiger partial charge in [0.25, 0.3) is 0 Å². The number of hydrogen-bond donors (Lipinski definition) is 2. The van der Waals surface area contributed by atoms with Crippen LogP contribution in [0.1, 0.15) is 17.0 Å². The van der Waals surface area contributed by atoms with Gasteiger partial charge >= 0.3 is 6.03 Å². The zero-order chi connectivity index (χ0) is 21.8. The Morgan fingerprint density at radius 1 is 0.839 bits per heavy atom. The summed E-state index contributed by atoms with van der Waals surface area (Å²) in [5.41, 5.74) is 4.48. The Balaban J connectivity index is 1.37. The van der Waals surface area contributed by atoms with Crippen LogP contribution >= 0.6 is 0 Å². The van der Waals surface area contributed by atoms with Gasteiger partial charge in [0, 0.05) is 23.1 Å². The average Bonchev–Trinajstić information content (AvgIpc) is 3.03. The van der Waals surface area contributed by atoms with Crippen LogP contribution in [-0.2, 0) is 0 Å². The minimum Gasteiger partial charge on any atom is -0.438 e. The molecule has 2 heterocycles. The quantitative estimate of drug-likeness (QED) is 0.478. The molecule has 4 aromatic rings. The molecule has 2 aromatic carbocycles. The Hall–Kier alpha value is -4.20. The van der Waals surface area contributed by atoms with Crippen LogP contribution in [0.3, 0.4) is 0 Å². The van der Waals surface area contributed by atoms with Gasteiger partial charge in [-0.05, 0) is 68.8 Å². The van der Waals surface area contributed by atoms with E-state index in [2.05, 4.69) is 25.9 Å². The van der Waals surface area contributed by atoms with E-state index in [9.17, 15) is 4.79 Å². The number of rotatable bonds is 5. The summed E-state index contributed by atoms with van der Waals surface area (Å²) in [6.07, 6.45) is 0. The van der Waals surface area contributed by atoms with Crippen molar-refractivity contribution in [3.63, 3.8) is 0 Å². The van der Waals surface area contributed by atoms with Crippen molar-refractivity contribution in [2.24, 2.45) is 0 Å². The Bertz CT molecular complexity index is 1190. The predicted molar refractivity (Wildman–Crippen MR) is 119 cm³/mol. The first-order valence-electron chi connectivity index (χ1n) is 9.77. The fraction of sp³-hybridized carbons (Fsp3) is 0.130. The second-order valence-electron chi connectivity index (χ2n) is 7.01. The first kappa shape index (κ1) is 20.1. The molecule has 0 unspecified atom stereocenters. The zero-order valence-electron chi connectivity index (χ0n) is 17.5. The van der Waals surface area contributed by atoms with Crippen molar-refractivity contribution in [3.05, 3.63) is 83.7 Å². The maximum Gasteiger partial charge on any atom is 0.323 e. The molecular formula is C23H22N6O2. The van der Waals surface area contributed by atoms with Crippen LogP contribution in [0.4, 0.5) is 16.2 Å². The van der Waals surface area contributed by atoms with E-state index in [0.717, 1.165) is 22.6 Å². The summed E-state index contributed by atoms with van der Waals surface area (Å²) in [6, 6.07) is 19.5. The molecule has 0 saturated heterocycles. The van der Waals surface area contributed by atoms with Crippen molar-refractivity contribution in [1.82, 2.24) is 20.0 Å². The highest BCUT2D eigenvalue weighted by molar-refractivity contribution is 5.99. The topological polar surface area (TPSA) is 94.0 Å². The number of carbonyl (C=O) groups excluding carboxylic acids is 1. The van der Waals surface area contributed by atoms with E-state index < -0.39 is 0 Å². The van der Waals surface area contributed by atoms with Crippen LogP contribution < -0.4 is 15.4 Å². The van der Waals surface area contributed by atoms with Crippen molar-refractivity contribution >= 4 is 17.4 Å². The number of para-hydroxylation sites is 1. The van der Waals surface area contributed by atoms with Crippen LogP contribution in [0.5, 0.6) is 11.6 Å². The Labute approximate surface area is 179 Å². The van der Waals surface area contributed by atoms with Gasteiger partial charge in [-0.15, -0.1) is 10.2 Å². The molecule has 0 aliphatic heterocycles. The van der Waals surface area contributed by atoms with E-state index in [1.165, 1.54) is 0 Å². The zero-order valence-corrected chi connectivity index (χ0v) is 17.5. The second kappa shape index (κ2) is 8.66. The van der Waals surface area contributed by atoms with E-state index in [0.29, 0.717) is 23.1 Å². The van der Waals surface area contributed by atoms with Gasteiger partial charge in [0.1, 0.15) is 5.75 Å². The molecule has 8 heteroatoms. The predicted octanol–water partition coefficient (Wildman–Crippen LogP) is 5.02.